The molecule has 0 radical (unpaired) electrons. The number of amides is 1. The van der Waals surface area contributed by atoms with E-state index in [0.29, 0.717) is 23.7 Å². The summed E-state index contributed by atoms with van der Waals surface area (Å²) in [4.78, 5) is 14.3. The zero-order valence-electron chi connectivity index (χ0n) is 12.8. The molecule has 2 heterocycles. The van der Waals surface area contributed by atoms with E-state index in [4.69, 9.17) is 0 Å². The molecule has 1 aliphatic rings. The van der Waals surface area contributed by atoms with E-state index in [1.807, 2.05) is 4.90 Å². The van der Waals surface area contributed by atoms with Crippen LogP contribution >= 0.6 is 0 Å². The second-order valence-electron chi connectivity index (χ2n) is 6.23. The molecule has 0 aromatic carbocycles. The number of aryl methyl sites for hydroxylation is 1. The molecule has 0 aliphatic carbocycles. The largest absolute Gasteiger partial charge is 0.334 e. The van der Waals surface area contributed by atoms with E-state index < -0.39 is 0 Å². The van der Waals surface area contributed by atoms with Gasteiger partial charge in [-0.3, -0.25) is 9.48 Å². The molecule has 0 saturated carbocycles. The van der Waals surface area contributed by atoms with Crippen molar-refractivity contribution in [3.05, 3.63) is 11.9 Å². The summed E-state index contributed by atoms with van der Waals surface area (Å²) in [5, 5.41) is 11.5. The smallest absolute Gasteiger partial charge is 0.276 e. The van der Waals surface area contributed by atoms with Crippen molar-refractivity contribution in [2.75, 3.05) is 13.1 Å². The van der Waals surface area contributed by atoms with E-state index in [1.165, 1.54) is 0 Å². The molecular formula is C14H25N5O. The van der Waals surface area contributed by atoms with Crippen LogP contribution in [0.2, 0.25) is 0 Å². The molecule has 0 spiro atoms. The molecule has 1 N–H and O–H groups in total. The molecule has 1 aromatic rings. The van der Waals surface area contributed by atoms with Gasteiger partial charge in [0.1, 0.15) is 0 Å². The van der Waals surface area contributed by atoms with Gasteiger partial charge in [0.2, 0.25) is 0 Å². The fourth-order valence-electron chi connectivity index (χ4n) is 2.55. The lowest BCUT2D eigenvalue weighted by Crippen LogP contribution is -2.55. The van der Waals surface area contributed by atoms with Gasteiger partial charge < -0.3 is 10.2 Å². The van der Waals surface area contributed by atoms with Crippen molar-refractivity contribution in [1.82, 2.24) is 25.2 Å². The third-order valence-corrected chi connectivity index (χ3v) is 3.54. The monoisotopic (exact) mass is 279 g/mol. The highest BCUT2D eigenvalue weighted by molar-refractivity contribution is 5.92. The lowest BCUT2D eigenvalue weighted by molar-refractivity contribution is 0.0667. The number of hydrogen-bond acceptors (Lipinski definition) is 4. The number of piperazine rings is 1. The third kappa shape index (κ3) is 3.79. The second kappa shape index (κ2) is 6.35. The van der Waals surface area contributed by atoms with Crippen LogP contribution in [0.15, 0.2) is 6.20 Å². The van der Waals surface area contributed by atoms with E-state index in [1.54, 1.807) is 10.9 Å². The summed E-state index contributed by atoms with van der Waals surface area (Å²) in [5.74, 6) is 0.606. The van der Waals surface area contributed by atoms with Gasteiger partial charge in [-0.05, 0) is 26.2 Å². The van der Waals surface area contributed by atoms with Gasteiger partial charge in [0.25, 0.3) is 5.91 Å². The lowest BCUT2D eigenvalue weighted by Gasteiger charge is -2.35. The number of carbonyl (C=O) groups is 1. The topological polar surface area (TPSA) is 63.1 Å². The molecule has 6 nitrogen and oxygen atoms in total. The van der Waals surface area contributed by atoms with Crippen LogP contribution in [0.4, 0.5) is 0 Å². The molecule has 20 heavy (non-hydrogen) atoms. The van der Waals surface area contributed by atoms with Crippen LogP contribution in [0.3, 0.4) is 0 Å². The average molecular weight is 279 g/mol. The minimum atomic E-state index is -0.0130. The van der Waals surface area contributed by atoms with Crippen molar-refractivity contribution in [1.29, 1.82) is 0 Å². The van der Waals surface area contributed by atoms with E-state index >= 15 is 0 Å². The first-order valence-electron chi connectivity index (χ1n) is 7.41. The Balaban J connectivity index is 1.98. The summed E-state index contributed by atoms with van der Waals surface area (Å²) in [7, 11) is 0. The minimum absolute atomic E-state index is 0.0130. The molecule has 2 atom stereocenters. The summed E-state index contributed by atoms with van der Waals surface area (Å²) >= 11 is 0. The standard InChI is InChI=1S/C14H25N5O/c1-10(2)5-6-19-9-13(16-17-19)14(20)18-7-11(3)15-12(4)8-18/h9-12,15H,5-8H2,1-4H3/t11-,12-/m0/s1. The summed E-state index contributed by atoms with van der Waals surface area (Å²) in [6.45, 7) is 10.8. The van der Waals surface area contributed by atoms with Crippen molar-refractivity contribution in [3.8, 4) is 0 Å². The Kier molecular flexibility index (Phi) is 4.75. The van der Waals surface area contributed by atoms with Gasteiger partial charge in [0.05, 0.1) is 6.20 Å². The Bertz CT molecular complexity index is 446. The Morgan fingerprint density at radius 3 is 2.65 bits per heavy atom. The first kappa shape index (κ1) is 15.0. The van der Waals surface area contributed by atoms with Crippen molar-refractivity contribution >= 4 is 5.91 Å². The summed E-state index contributed by atoms with van der Waals surface area (Å²) in [6, 6.07) is 0.636. The van der Waals surface area contributed by atoms with Gasteiger partial charge in [0, 0.05) is 31.7 Å². The van der Waals surface area contributed by atoms with Crippen molar-refractivity contribution in [2.45, 2.75) is 52.7 Å². The third-order valence-electron chi connectivity index (χ3n) is 3.54. The predicted octanol–water partition coefficient (Wildman–Crippen LogP) is 1.15. The number of aromatic nitrogens is 3. The fraction of sp³-hybridized carbons (Fsp3) is 0.786. The first-order valence-corrected chi connectivity index (χ1v) is 7.41. The average Bonchev–Trinajstić information content (AvgIpc) is 2.83. The van der Waals surface area contributed by atoms with Crippen LogP contribution < -0.4 is 5.32 Å². The summed E-state index contributed by atoms with van der Waals surface area (Å²) in [6.07, 6.45) is 2.81. The van der Waals surface area contributed by atoms with Gasteiger partial charge in [-0.15, -0.1) is 5.10 Å². The first-order chi connectivity index (χ1) is 9.45. The molecule has 0 bridgehead atoms. The fourth-order valence-corrected chi connectivity index (χ4v) is 2.55. The molecule has 1 amide bonds. The van der Waals surface area contributed by atoms with Crippen LogP contribution in [0.5, 0.6) is 0 Å². The van der Waals surface area contributed by atoms with Crippen LogP contribution in [0, 0.1) is 5.92 Å². The predicted molar refractivity (Wildman–Crippen MR) is 77.4 cm³/mol. The van der Waals surface area contributed by atoms with Gasteiger partial charge in [-0.25, -0.2) is 0 Å². The van der Waals surface area contributed by atoms with E-state index in [0.717, 1.165) is 26.1 Å². The SMILES string of the molecule is CC(C)CCn1cc(C(=O)N2C[C@H](C)N[C@@H](C)C2)nn1. The number of hydrogen-bond donors (Lipinski definition) is 1. The number of nitrogens with zero attached hydrogens (tertiary/aromatic N) is 4. The van der Waals surface area contributed by atoms with Gasteiger partial charge >= 0.3 is 0 Å². The Morgan fingerprint density at radius 1 is 1.40 bits per heavy atom. The van der Waals surface area contributed by atoms with Gasteiger partial charge in [-0.1, -0.05) is 19.1 Å². The highest BCUT2D eigenvalue weighted by atomic mass is 16.2. The van der Waals surface area contributed by atoms with Gasteiger partial charge in [0.15, 0.2) is 5.69 Å². The molecule has 1 saturated heterocycles. The maximum Gasteiger partial charge on any atom is 0.276 e. The zero-order valence-corrected chi connectivity index (χ0v) is 12.8. The summed E-state index contributed by atoms with van der Waals surface area (Å²) < 4.78 is 1.77. The number of nitrogens with one attached hydrogen (secondary N) is 1. The molecule has 112 valence electrons. The number of rotatable bonds is 4. The summed E-state index contributed by atoms with van der Waals surface area (Å²) in [5.41, 5.74) is 0.454. The zero-order chi connectivity index (χ0) is 14.7. The Labute approximate surface area is 120 Å². The van der Waals surface area contributed by atoms with E-state index in [2.05, 4.69) is 43.3 Å². The highest BCUT2D eigenvalue weighted by Crippen LogP contribution is 2.09. The van der Waals surface area contributed by atoms with Crippen molar-refractivity contribution < 1.29 is 4.79 Å². The maximum atomic E-state index is 12.4. The van der Waals surface area contributed by atoms with Crippen LogP contribution in [0.25, 0.3) is 0 Å². The van der Waals surface area contributed by atoms with Crippen LogP contribution in [-0.4, -0.2) is 51.0 Å². The Hall–Kier alpha value is -1.43. The molecule has 1 aromatic heterocycles. The second-order valence-corrected chi connectivity index (χ2v) is 6.23. The Morgan fingerprint density at radius 2 is 2.05 bits per heavy atom. The molecule has 1 fully saturated rings. The van der Waals surface area contributed by atoms with Crippen molar-refractivity contribution in [3.63, 3.8) is 0 Å². The van der Waals surface area contributed by atoms with Crippen LogP contribution in [-0.2, 0) is 6.54 Å². The quantitative estimate of drug-likeness (QED) is 0.898. The van der Waals surface area contributed by atoms with E-state index in [-0.39, 0.29) is 5.91 Å². The lowest BCUT2D eigenvalue weighted by atomic mass is 10.1. The normalized spacial score (nSPS) is 23.4. The molecular weight excluding hydrogens is 254 g/mol. The highest BCUT2D eigenvalue weighted by Gasteiger charge is 2.27. The molecule has 6 heteroatoms. The van der Waals surface area contributed by atoms with E-state index in [9.17, 15) is 4.79 Å². The van der Waals surface area contributed by atoms with Gasteiger partial charge in [-0.2, -0.15) is 0 Å². The van der Waals surface area contributed by atoms with Crippen molar-refractivity contribution in [2.24, 2.45) is 5.92 Å². The maximum absolute atomic E-state index is 12.4. The molecule has 0 unspecified atom stereocenters. The molecule has 1 aliphatic heterocycles. The molecule has 2 rings (SSSR count). The van der Waals surface area contributed by atoms with Crippen LogP contribution in [0.1, 0.15) is 44.6 Å². The number of carbonyl (C=O) groups excluding carboxylic acids is 1. The minimum Gasteiger partial charge on any atom is -0.334 e.